The number of nitrogens with one attached hydrogen (secondary N) is 1. The first-order chi connectivity index (χ1) is 14.6. The van der Waals surface area contributed by atoms with Crippen molar-refractivity contribution in [2.75, 3.05) is 31.2 Å². The number of carbonyl (C=O) groups excluding carboxylic acids is 1. The number of rotatable bonds is 9. The van der Waals surface area contributed by atoms with Crippen LogP contribution in [0.3, 0.4) is 0 Å². The van der Waals surface area contributed by atoms with Gasteiger partial charge in [0, 0.05) is 30.9 Å². The van der Waals surface area contributed by atoms with Gasteiger partial charge in [-0.1, -0.05) is 12.1 Å². The molecule has 30 heavy (non-hydrogen) atoms. The summed E-state index contributed by atoms with van der Waals surface area (Å²) in [6.45, 7) is 3.89. The lowest BCUT2D eigenvalue weighted by Crippen LogP contribution is -2.29. The summed E-state index contributed by atoms with van der Waals surface area (Å²) in [6.07, 6.45) is 5.41. The molecule has 0 bridgehead atoms. The minimum atomic E-state index is -0.505. The molecule has 2 aliphatic rings. The summed E-state index contributed by atoms with van der Waals surface area (Å²) in [5, 5.41) is 11.6. The Morgan fingerprint density at radius 3 is 2.80 bits per heavy atom. The van der Waals surface area contributed by atoms with Crippen LogP contribution in [0.4, 0.5) is 5.69 Å². The lowest BCUT2D eigenvalue weighted by molar-refractivity contribution is -0.124. The molecule has 2 heterocycles. The SMILES string of the molecule is C[C@H](NC(=O)CO)c1ccc(OC2CCN(c3ccnc(OCC4CC4)c3)C2)cc1. The van der Waals surface area contributed by atoms with E-state index in [0.29, 0.717) is 11.8 Å². The van der Waals surface area contributed by atoms with Crippen LogP contribution in [-0.4, -0.2) is 48.4 Å². The molecule has 1 amide bonds. The third kappa shape index (κ3) is 5.42. The van der Waals surface area contributed by atoms with Gasteiger partial charge in [0.05, 0.1) is 19.2 Å². The summed E-state index contributed by atoms with van der Waals surface area (Å²) in [5.74, 6) is 1.84. The van der Waals surface area contributed by atoms with Crippen LogP contribution in [0.1, 0.15) is 37.8 Å². The minimum absolute atomic E-state index is 0.117. The highest BCUT2D eigenvalue weighted by molar-refractivity contribution is 5.77. The molecular weight excluding hydrogens is 382 g/mol. The highest BCUT2D eigenvalue weighted by Gasteiger charge is 2.25. The molecule has 2 N–H and O–H groups in total. The first-order valence-electron chi connectivity index (χ1n) is 10.6. The molecule has 1 aliphatic carbocycles. The van der Waals surface area contributed by atoms with E-state index in [1.165, 1.54) is 12.8 Å². The Morgan fingerprint density at radius 2 is 2.07 bits per heavy atom. The Kier molecular flexibility index (Phi) is 6.38. The van der Waals surface area contributed by atoms with Gasteiger partial charge in [0.15, 0.2) is 0 Å². The van der Waals surface area contributed by atoms with Gasteiger partial charge in [0.2, 0.25) is 11.8 Å². The fourth-order valence-electron chi connectivity index (χ4n) is 3.62. The van der Waals surface area contributed by atoms with Crippen molar-refractivity contribution in [3.8, 4) is 11.6 Å². The summed E-state index contributed by atoms with van der Waals surface area (Å²) >= 11 is 0. The molecule has 1 aromatic carbocycles. The van der Waals surface area contributed by atoms with E-state index in [-0.39, 0.29) is 18.1 Å². The third-order valence-electron chi connectivity index (χ3n) is 5.60. The van der Waals surface area contributed by atoms with Gasteiger partial charge in [-0.15, -0.1) is 0 Å². The number of carbonyl (C=O) groups is 1. The Balaban J connectivity index is 1.29. The van der Waals surface area contributed by atoms with Crippen LogP contribution in [0.5, 0.6) is 11.6 Å². The maximum absolute atomic E-state index is 11.3. The molecule has 1 unspecified atom stereocenters. The molecule has 2 fully saturated rings. The van der Waals surface area contributed by atoms with E-state index in [2.05, 4.69) is 15.2 Å². The minimum Gasteiger partial charge on any atom is -0.489 e. The van der Waals surface area contributed by atoms with E-state index in [4.69, 9.17) is 14.6 Å². The van der Waals surface area contributed by atoms with E-state index in [0.717, 1.165) is 43.1 Å². The number of aromatic nitrogens is 1. The molecule has 1 saturated carbocycles. The fourth-order valence-corrected chi connectivity index (χ4v) is 3.62. The van der Waals surface area contributed by atoms with Gasteiger partial charge < -0.3 is 24.8 Å². The molecule has 0 spiro atoms. The van der Waals surface area contributed by atoms with Crippen LogP contribution in [-0.2, 0) is 4.79 Å². The predicted octanol–water partition coefficient (Wildman–Crippen LogP) is 2.70. The van der Waals surface area contributed by atoms with Crippen molar-refractivity contribution in [1.82, 2.24) is 10.3 Å². The summed E-state index contributed by atoms with van der Waals surface area (Å²) in [7, 11) is 0. The monoisotopic (exact) mass is 411 g/mol. The number of aliphatic hydroxyl groups is 1. The quantitative estimate of drug-likeness (QED) is 0.660. The summed E-state index contributed by atoms with van der Waals surface area (Å²) in [5.41, 5.74) is 2.08. The van der Waals surface area contributed by atoms with Crippen LogP contribution in [0.25, 0.3) is 0 Å². The van der Waals surface area contributed by atoms with Crippen molar-refractivity contribution < 1.29 is 19.4 Å². The van der Waals surface area contributed by atoms with Gasteiger partial charge >= 0.3 is 0 Å². The standard InChI is InChI=1S/C23H29N3O4/c1-16(25-22(28)14-27)18-4-6-20(7-5-18)30-21-9-11-26(13-21)19-8-10-24-23(12-19)29-15-17-2-3-17/h4-8,10,12,16-17,21,27H,2-3,9,11,13-15H2,1H3,(H,25,28)/t16-,21?/m0/s1. The molecule has 7 nitrogen and oxygen atoms in total. The molecule has 1 saturated heterocycles. The van der Waals surface area contributed by atoms with E-state index in [1.807, 2.05) is 43.3 Å². The summed E-state index contributed by atoms with van der Waals surface area (Å²) in [6, 6.07) is 11.6. The summed E-state index contributed by atoms with van der Waals surface area (Å²) in [4.78, 5) is 18.0. The first kappa shape index (κ1) is 20.5. The van der Waals surface area contributed by atoms with Gasteiger partial charge in [-0.25, -0.2) is 4.98 Å². The molecule has 160 valence electrons. The van der Waals surface area contributed by atoms with Crippen molar-refractivity contribution in [2.45, 2.75) is 38.3 Å². The van der Waals surface area contributed by atoms with E-state index >= 15 is 0 Å². The van der Waals surface area contributed by atoms with Crippen LogP contribution < -0.4 is 19.7 Å². The molecule has 1 aliphatic heterocycles. The molecule has 4 rings (SSSR count). The fraction of sp³-hybridized carbons (Fsp3) is 0.478. The Morgan fingerprint density at radius 1 is 1.27 bits per heavy atom. The number of hydrogen-bond acceptors (Lipinski definition) is 6. The number of benzene rings is 1. The second-order valence-electron chi connectivity index (χ2n) is 8.10. The lowest BCUT2D eigenvalue weighted by atomic mass is 10.1. The zero-order valence-electron chi connectivity index (χ0n) is 17.3. The second-order valence-corrected chi connectivity index (χ2v) is 8.10. The average Bonchev–Trinajstić information content (AvgIpc) is 3.49. The Bertz CT molecular complexity index is 854. The average molecular weight is 412 g/mol. The van der Waals surface area contributed by atoms with Crippen molar-refractivity contribution in [3.63, 3.8) is 0 Å². The largest absolute Gasteiger partial charge is 0.489 e. The lowest BCUT2D eigenvalue weighted by Gasteiger charge is -2.20. The topological polar surface area (TPSA) is 83.9 Å². The van der Waals surface area contributed by atoms with Crippen LogP contribution in [0.15, 0.2) is 42.6 Å². The second kappa shape index (κ2) is 9.34. The van der Waals surface area contributed by atoms with Crippen molar-refractivity contribution >= 4 is 11.6 Å². The van der Waals surface area contributed by atoms with Gasteiger partial charge in [0.1, 0.15) is 18.5 Å². The molecule has 1 aromatic heterocycles. The van der Waals surface area contributed by atoms with Crippen molar-refractivity contribution in [1.29, 1.82) is 0 Å². The van der Waals surface area contributed by atoms with E-state index in [9.17, 15) is 4.79 Å². The van der Waals surface area contributed by atoms with Gasteiger partial charge in [-0.2, -0.15) is 0 Å². The number of ether oxygens (including phenoxy) is 2. The predicted molar refractivity (Wildman–Crippen MR) is 114 cm³/mol. The highest BCUT2D eigenvalue weighted by Crippen LogP contribution is 2.30. The van der Waals surface area contributed by atoms with Crippen LogP contribution in [0.2, 0.25) is 0 Å². The number of aliphatic hydroxyl groups excluding tert-OH is 1. The Labute approximate surface area is 177 Å². The number of pyridine rings is 1. The van der Waals surface area contributed by atoms with Crippen LogP contribution in [0, 0.1) is 5.92 Å². The summed E-state index contributed by atoms with van der Waals surface area (Å²) < 4.78 is 12.0. The zero-order valence-corrected chi connectivity index (χ0v) is 17.3. The number of hydrogen-bond donors (Lipinski definition) is 2. The molecule has 0 radical (unpaired) electrons. The van der Waals surface area contributed by atoms with E-state index < -0.39 is 6.61 Å². The number of anilines is 1. The maximum atomic E-state index is 11.3. The van der Waals surface area contributed by atoms with Gasteiger partial charge in [0.25, 0.3) is 0 Å². The Hall–Kier alpha value is -2.80. The van der Waals surface area contributed by atoms with Gasteiger partial charge in [-0.3, -0.25) is 4.79 Å². The van der Waals surface area contributed by atoms with Crippen molar-refractivity contribution in [2.24, 2.45) is 5.92 Å². The maximum Gasteiger partial charge on any atom is 0.246 e. The zero-order chi connectivity index (χ0) is 20.9. The number of amides is 1. The first-order valence-corrected chi connectivity index (χ1v) is 10.6. The molecule has 7 heteroatoms. The molecule has 2 atom stereocenters. The van der Waals surface area contributed by atoms with Crippen molar-refractivity contribution in [3.05, 3.63) is 48.2 Å². The molecular formula is C23H29N3O4. The molecule has 2 aromatic rings. The number of nitrogens with zero attached hydrogens (tertiary/aromatic N) is 2. The highest BCUT2D eigenvalue weighted by atomic mass is 16.5. The van der Waals surface area contributed by atoms with Gasteiger partial charge in [-0.05, 0) is 49.4 Å². The normalized spacial score (nSPS) is 19.4. The van der Waals surface area contributed by atoms with Crippen LogP contribution >= 0.6 is 0 Å². The smallest absolute Gasteiger partial charge is 0.246 e. The van der Waals surface area contributed by atoms with E-state index in [1.54, 1.807) is 6.20 Å². The third-order valence-corrected chi connectivity index (χ3v) is 5.60.